The first kappa shape index (κ1) is 49.0. The Balaban J connectivity index is 0.000000213. The summed E-state index contributed by atoms with van der Waals surface area (Å²) in [4.78, 5) is 39.5. The van der Waals surface area contributed by atoms with E-state index in [9.17, 15) is 20.1 Å². The van der Waals surface area contributed by atoms with E-state index in [0.717, 1.165) is 73.6 Å². The standard InChI is InChI=1S/C24H27N7O2.C23H24ClN7O.C2H6/c25-13-17-3-1-2-4-20(17)30-21-9-10-27-24(33)22(21)23(26)29-19-7-5-16(6-8-19)18-14-28-31(15-18)11-12-32;1-31-13-15(12-28-31)17-7-6-16(10-18(17)24)29-22(26)21-20(8-9-27-23(21)32)30-19-5-3-2-4-14(19)11-25;1-2/h5-10,14-15,17,20,32H,1-4,11-12H2,(H2,26,29)(H2,27,30,33);6-10,12-14,19H,2-5H2,1H3,(H2,26,29)(H2,27,30,32);1-2H3/t17?,20-;14?,19-;/m00./s1. The Hall–Kier alpha value is -7.47. The van der Waals surface area contributed by atoms with Gasteiger partial charge in [0.25, 0.3) is 11.1 Å². The quantitative estimate of drug-likeness (QED) is 0.0460. The molecule has 0 saturated heterocycles. The van der Waals surface area contributed by atoms with Crippen molar-refractivity contribution >= 4 is 46.0 Å². The molecule has 9 N–H and O–H groups in total. The maximum atomic E-state index is 12.6. The van der Waals surface area contributed by atoms with Crippen molar-refractivity contribution < 1.29 is 5.11 Å². The van der Waals surface area contributed by atoms with E-state index >= 15 is 0 Å². The maximum absolute atomic E-state index is 12.6. The van der Waals surface area contributed by atoms with E-state index in [-0.39, 0.29) is 64.4 Å². The van der Waals surface area contributed by atoms with Gasteiger partial charge in [0.2, 0.25) is 0 Å². The minimum Gasteiger partial charge on any atom is -0.394 e. The number of aliphatic hydroxyl groups excluding tert-OH is 1. The smallest absolute Gasteiger partial charge is 0.261 e. The van der Waals surface area contributed by atoms with Crippen LogP contribution in [0.25, 0.3) is 22.3 Å². The van der Waals surface area contributed by atoms with Gasteiger partial charge in [-0.3, -0.25) is 19.0 Å². The number of aryl methyl sites for hydroxylation is 1. The third-order valence-electron chi connectivity index (χ3n) is 11.6. The SMILES string of the molecule is CC.Cn1cc(-c2ccc(N=C(N)c3c(N[C@H]4CCCCC4C#N)cc[nH]c3=O)cc2Cl)cn1.N#CC1CCCC[C@@H]1Nc1cc[nH]c(=O)c1C(N)=Nc1ccc(-c2cnn(CCO)c2)cc1. The van der Waals surface area contributed by atoms with E-state index < -0.39 is 0 Å². The molecule has 0 spiro atoms. The van der Waals surface area contributed by atoms with Crippen LogP contribution < -0.4 is 33.2 Å². The molecule has 0 radical (unpaired) electrons. The molecule has 2 aromatic carbocycles. The Morgan fingerprint density at radius 3 is 1.79 bits per heavy atom. The van der Waals surface area contributed by atoms with E-state index in [1.165, 1.54) is 0 Å². The van der Waals surface area contributed by atoms with Crippen molar-refractivity contribution in [2.45, 2.75) is 83.8 Å². The van der Waals surface area contributed by atoms with Crippen molar-refractivity contribution in [3.8, 4) is 34.4 Å². The van der Waals surface area contributed by atoms with Crippen LogP contribution in [-0.4, -0.2) is 65.0 Å². The molecular weight excluding hydrogens is 868 g/mol. The van der Waals surface area contributed by atoms with Gasteiger partial charge in [-0.2, -0.15) is 20.7 Å². The lowest BCUT2D eigenvalue weighted by molar-refractivity contribution is 0.269. The highest BCUT2D eigenvalue weighted by atomic mass is 35.5. The van der Waals surface area contributed by atoms with Crippen molar-refractivity contribution in [1.82, 2.24) is 29.5 Å². The number of nitrogens with zero attached hydrogens (tertiary/aromatic N) is 8. The zero-order chi connectivity index (χ0) is 47.9. The van der Waals surface area contributed by atoms with Gasteiger partial charge in [0.15, 0.2) is 0 Å². The van der Waals surface area contributed by atoms with Crippen LogP contribution in [0.3, 0.4) is 0 Å². The number of benzene rings is 2. The number of aromatic nitrogens is 6. The minimum atomic E-state index is -0.348. The lowest BCUT2D eigenvalue weighted by Crippen LogP contribution is -2.34. The molecule has 2 saturated carbocycles. The summed E-state index contributed by atoms with van der Waals surface area (Å²) in [5, 5.41) is 43.6. The van der Waals surface area contributed by atoms with E-state index in [2.05, 4.69) is 52.9 Å². The Kier molecular flexibility index (Phi) is 17.3. The highest BCUT2D eigenvalue weighted by molar-refractivity contribution is 6.33. The number of hydrogen-bond acceptors (Lipinski definition) is 11. The number of aliphatic imine (C=N–C) groups is 2. The number of rotatable bonds is 12. The molecule has 18 heteroatoms. The second-order valence-corrected chi connectivity index (χ2v) is 16.5. The van der Waals surface area contributed by atoms with Crippen LogP contribution in [-0.2, 0) is 13.6 Å². The summed E-state index contributed by atoms with van der Waals surface area (Å²) in [6.07, 6.45) is 17.9. The predicted molar refractivity (Wildman–Crippen MR) is 265 cm³/mol. The summed E-state index contributed by atoms with van der Waals surface area (Å²) in [7, 11) is 1.84. The summed E-state index contributed by atoms with van der Waals surface area (Å²) in [5.41, 5.74) is 18.3. The zero-order valence-electron chi connectivity index (χ0n) is 37.9. The number of aromatic amines is 2. The first-order valence-electron chi connectivity index (χ1n) is 22.5. The molecule has 0 aliphatic heterocycles. The number of pyridine rings is 2. The van der Waals surface area contributed by atoms with Gasteiger partial charge in [-0.25, -0.2) is 9.98 Å². The molecular formula is C49H57ClN14O3. The summed E-state index contributed by atoms with van der Waals surface area (Å²) >= 11 is 6.47. The Bertz CT molecular complexity index is 2860. The van der Waals surface area contributed by atoms with Crippen molar-refractivity contribution in [2.24, 2.45) is 40.3 Å². The lowest BCUT2D eigenvalue weighted by Gasteiger charge is -2.29. The highest BCUT2D eigenvalue weighted by Crippen LogP contribution is 2.33. The Morgan fingerprint density at radius 2 is 1.28 bits per heavy atom. The number of hydrogen-bond donors (Lipinski definition) is 7. The van der Waals surface area contributed by atoms with E-state index in [1.54, 1.807) is 58.4 Å². The summed E-state index contributed by atoms with van der Waals surface area (Å²) in [5.74, 6) is -0.0257. The average Bonchev–Trinajstić information content (AvgIpc) is 3.99. The largest absolute Gasteiger partial charge is 0.394 e. The number of halogens is 1. The molecule has 348 valence electrons. The second kappa shape index (κ2) is 23.6. The number of anilines is 2. The first-order valence-corrected chi connectivity index (χ1v) is 22.9. The summed E-state index contributed by atoms with van der Waals surface area (Å²) in [6.45, 7) is 4.47. The van der Waals surface area contributed by atoms with Crippen LogP contribution in [0.5, 0.6) is 0 Å². The van der Waals surface area contributed by atoms with Crippen LogP contribution in [0, 0.1) is 34.5 Å². The number of nitrogens with one attached hydrogen (secondary N) is 4. The Morgan fingerprint density at radius 1 is 0.761 bits per heavy atom. The molecule has 2 aliphatic carbocycles. The van der Waals surface area contributed by atoms with Gasteiger partial charge in [0.05, 0.1) is 77.3 Å². The van der Waals surface area contributed by atoms with Gasteiger partial charge in [0, 0.05) is 60.6 Å². The fraction of sp³-hybridized carbons (Fsp3) is 0.347. The summed E-state index contributed by atoms with van der Waals surface area (Å²) in [6, 6.07) is 21.0. The number of nitrogens with two attached hydrogens (primary N) is 2. The van der Waals surface area contributed by atoms with Gasteiger partial charge in [0.1, 0.15) is 22.8 Å². The molecule has 2 fully saturated rings. The van der Waals surface area contributed by atoms with Crippen molar-refractivity contribution in [2.75, 3.05) is 17.2 Å². The number of amidine groups is 2. The molecule has 2 unspecified atom stereocenters. The molecule has 0 amide bonds. The van der Waals surface area contributed by atoms with Crippen molar-refractivity contribution in [3.63, 3.8) is 0 Å². The molecule has 67 heavy (non-hydrogen) atoms. The number of nitriles is 2. The fourth-order valence-corrected chi connectivity index (χ4v) is 8.53. The molecule has 8 rings (SSSR count). The topological polar surface area (TPSA) is 270 Å². The van der Waals surface area contributed by atoms with E-state index in [0.29, 0.717) is 34.3 Å². The van der Waals surface area contributed by atoms with Gasteiger partial charge in [-0.05, 0) is 67.6 Å². The molecule has 4 aromatic heterocycles. The monoisotopic (exact) mass is 924 g/mol. The van der Waals surface area contributed by atoms with E-state index in [1.807, 2.05) is 63.6 Å². The normalized spacial score (nSPS) is 18.3. The first-order chi connectivity index (χ1) is 32.5. The summed E-state index contributed by atoms with van der Waals surface area (Å²) < 4.78 is 3.38. The minimum absolute atomic E-state index is 0.0249. The highest BCUT2D eigenvalue weighted by Gasteiger charge is 2.28. The molecule has 4 atom stereocenters. The van der Waals surface area contributed by atoms with Crippen LogP contribution in [0.15, 0.2) is 111 Å². The van der Waals surface area contributed by atoms with Gasteiger partial charge < -0.3 is 37.2 Å². The lowest BCUT2D eigenvalue weighted by atomic mass is 9.85. The third-order valence-corrected chi connectivity index (χ3v) is 11.9. The van der Waals surface area contributed by atoms with Crippen molar-refractivity contribution in [1.29, 1.82) is 10.5 Å². The van der Waals surface area contributed by atoms with Crippen molar-refractivity contribution in [3.05, 3.63) is 129 Å². The van der Waals surface area contributed by atoms with E-state index in [4.69, 9.17) is 28.2 Å². The zero-order valence-corrected chi connectivity index (χ0v) is 38.7. The fourth-order valence-electron chi connectivity index (χ4n) is 8.25. The van der Waals surface area contributed by atoms with Crippen LogP contribution in [0.4, 0.5) is 22.7 Å². The van der Waals surface area contributed by atoms with Crippen LogP contribution >= 0.6 is 11.6 Å². The third kappa shape index (κ3) is 12.5. The van der Waals surface area contributed by atoms with Gasteiger partial charge >= 0.3 is 0 Å². The maximum Gasteiger partial charge on any atom is 0.261 e. The molecule has 0 bridgehead atoms. The molecule has 4 heterocycles. The van der Waals surface area contributed by atoms with Gasteiger partial charge in [-0.15, -0.1) is 0 Å². The second-order valence-electron chi connectivity index (χ2n) is 16.1. The molecule has 2 aliphatic rings. The average molecular weight is 926 g/mol. The van der Waals surface area contributed by atoms with Gasteiger partial charge in [-0.1, -0.05) is 69.3 Å². The number of aliphatic hydroxyl groups is 1. The predicted octanol–water partition coefficient (Wildman–Crippen LogP) is 7.75. The van der Waals surface area contributed by atoms with Crippen LogP contribution in [0.2, 0.25) is 5.02 Å². The Labute approximate surface area is 394 Å². The van der Waals surface area contributed by atoms with Crippen LogP contribution in [0.1, 0.15) is 76.3 Å². The molecule has 6 aromatic rings. The number of H-pyrrole nitrogens is 2. The molecule has 17 nitrogen and oxygen atoms in total.